The second-order valence-corrected chi connectivity index (χ2v) is 6.65. The number of para-hydroxylation sites is 2. The highest BCUT2D eigenvalue weighted by Gasteiger charge is 2.25. The number of Topliss-reactive ketones (excluding diaryl/α,β-unsaturated/α-hetero) is 1. The van der Waals surface area contributed by atoms with Gasteiger partial charge in [-0.15, -0.1) is 0 Å². The molecule has 5 nitrogen and oxygen atoms in total. The molecular formula is C23H18N2O3. The van der Waals surface area contributed by atoms with E-state index in [1.54, 1.807) is 12.1 Å². The SMILES string of the molecule is O=C(CC(c1ccccc1)c1c[nH]c2ccccc12)c1ccccc1[N+](=O)[O-]. The van der Waals surface area contributed by atoms with Crippen LogP contribution < -0.4 is 0 Å². The molecule has 0 aliphatic carbocycles. The molecule has 0 aliphatic heterocycles. The summed E-state index contributed by atoms with van der Waals surface area (Å²) in [5.41, 5.74) is 3.00. The summed E-state index contributed by atoms with van der Waals surface area (Å²) in [5.74, 6) is -0.448. The van der Waals surface area contributed by atoms with Crippen LogP contribution in [0.25, 0.3) is 10.9 Å². The van der Waals surface area contributed by atoms with E-state index in [2.05, 4.69) is 4.98 Å². The molecule has 0 bridgehead atoms. The van der Waals surface area contributed by atoms with Gasteiger partial charge in [0, 0.05) is 35.5 Å². The molecular weight excluding hydrogens is 352 g/mol. The first-order valence-corrected chi connectivity index (χ1v) is 9.02. The maximum Gasteiger partial charge on any atom is 0.280 e. The minimum absolute atomic E-state index is 0.147. The Kier molecular flexibility index (Phi) is 4.72. The van der Waals surface area contributed by atoms with Crippen LogP contribution in [-0.2, 0) is 0 Å². The number of hydrogen-bond donors (Lipinski definition) is 1. The lowest BCUT2D eigenvalue weighted by atomic mass is 9.85. The fraction of sp³-hybridized carbons (Fsp3) is 0.0870. The molecule has 138 valence electrons. The first kappa shape index (κ1) is 17.7. The Morgan fingerprint density at radius 2 is 1.61 bits per heavy atom. The van der Waals surface area contributed by atoms with E-state index in [9.17, 15) is 14.9 Å². The number of H-pyrrole nitrogens is 1. The zero-order valence-corrected chi connectivity index (χ0v) is 15.0. The van der Waals surface area contributed by atoms with Gasteiger partial charge < -0.3 is 4.98 Å². The number of nitro groups is 1. The minimum Gasteiger partial charge on any atom is -0.361 e. The van der Waals surface area contributed by atoms with Gasteiger partial charge in [-0.3, -0.25) is 14.9 Å². The molecule has 4 rings (SSSR count). The monoisotopic (exact) mass is 370 g/mol. The van der Waals surface area contributed by atoms with Crippen LogP contribution in [0.5, 0.6) is 0 Å². The molecule has 0 radical (unpaired) electrons. The number of nitro benzene ring substituents is 1. The first-order chi connectivity index (χ1) is 13.6. The smallest absolute Gasteiger partial charge is 0.280 e. The van der Waals surface area contributed by atoms with Crippen molar-refractivity contribution in [2.45, 2.75) is 12.3 Å². The number of nitrogens with one attached hydrogen (secondary N) is 1. The van der Waals surface area contributed by atoms with Gasteiger partial charge in [0.15, 0.2) is 5.78 Å². The molecule has 0 amide bonds. The van der Waals surface area contributed by atoms with Crippen molar-refractivity contribution in [2.24, 2.45) is 0 Å². The number of carbonyl (C=O) groups excluding carboxylic acids is 1. The van der Waals surface area contributed by atoms with Crippen molar-refractivity contribution in [3.63, 3.8) is 0 Å². The number of hydrogen-bond acceptors (Lipinski definition) is 3. The molecule has 5 heteroatoms. The average molecular weight is 370 g/mol. The molecule has 0 spiro atoms. The van der Waals surface area contributed by atoms with Gasteiger partial charge in [0.1, 0.15) is 0 Å². The van der Waals surface area contributed by atoms with Crippen molar-refractivity contribution in [1.82, 2.24) is 4.98 Å². The molecule has 1 atom stereocenters. The summed E-state index contributed by atoms with van der Waals surface area (Å²) in [6.45, 7) is 0. The van der Waals surface area contributed by atoms with Crippen molar-refractivity contribution >= 4 is 22.4 Å². The van der Waals surface area contributed by atoms with Crippen molar-refractivity contribution in [1.29, 1.82) is 0 Å². The van der Waals surface area contributed by atoms with E-state index >= 15 is 0 Å². The topological polar surface area (TPSA) is 76.0 Å². The highest BCUT2D eigenvalue weighted by atomic mass is 16.6. The number of nitrogens with zero attached hydrogens (tertiary/aromatic N) is 1. The standard InChI is InChI=1S/C23H18N2O3/c26-23(18-11-5-7-13-22(18)25(27)28)14-19(16-8-2-1-3-9-16)20-15-24-21-12-6-4-10-17(20)21/h1-13,15,19,24H,14H2. The Bertz CT molecular complexity index is 1150. The van der Waals surface area contributed by atoms with E-state index in [0.29, 0.717) is 0 Å². The molecule has 1 aromatic heterocycles. The summed E-state index contributed by atoms with van der Waals surface area (Å²) in [5, 5.41) is 12.4. The molecule has 0 fully saturated rings. The van der Waals surface area contributed by atoms with Crippen molar-refractivity contribution in [3.05, 3.63) is 112 Å². The molecule has 1 unspecified atom stereocenters. The third kappa shape index (κ3) is 3.30. The van der Waals surface area contributed by atoms with Crippen LogP contribution in [0.4, 0.5) is 5.69 Å². The molecule has 0 aliphatic rings. The zero-order valence-electron chi connectivity index (χ0n) is 15.0. The van der Waals surface area contributed by atoms with Crippen LogP contribution in [0.1, 0.15) is 33.8 Å². The third-order valence-electron chi connectivity index (χ3n) is 4.99. The van der Waals surface area contributed by atoms with Crippen molar-refractivity contribution in [2.75, 3.05) is 0 Å². The highest BCUT2D eigenvalue weighted by Crippen LogP contribution is 2.35. The van der Waals surface area contributed by atoms with E-state index in [0.717, 1.165) is 22.0 Å². The van der Waals surface area contributed by atoms with E-state index in [1.807, 2.05) is 60.8 Å². The summed E-state index contributed by atoms with van der Waals surface area (Å²) >= 11 is 0. The molecule has 1 N–H and O–H groups in total. The number of ketones is 1. The zero-order chi connectivity index (χ0) is 19.5. The Morgan fingerprint density at radius 1 is 0.929 bits per heavy atom. The largest absolute Gasteiger partial charge is 0.361 e. The number of aromatic nitrogens is 1. The molecule has 1 heterocycles. The molecule has 0 saturated carbocycles. The fourth-order valence-corrected chi connectivity index (χ4v) is 3.64. The third-order valence-corrected chi connectivity index (χ3v) is 4.99. The van der Waals surface area contributed by atoms with Gasteiger partial charge in [0.25, 0.3) is 5.69 Å². The van der Waals surface area contributed by atoms with Crippen LogP contribution in [0.15, 0.2) is 85.1 Å². The summed E-state index contributed by atoms with van der Waals surface area (Å²) in [7, 11) is 0. The second-order valence-electron chi connectivity index (χ2n) is 6.65. The fourth-order valence-electron chi connectivity index (χ4n) is 3.64. The predicted molar refractivity (Wildman–Crippen MR) is 109 cm³/mol. The van der Waals surface area contributed by atoms with E-state index < -0.39 is 4.92 Å². The first-order valence-electron chi connectivity index (χ1n) is 9.02. The predicted octanol–water partition coefficient (Wildman–Crippen LogP) is 5.48. The average Bonchev–Trinajstić information content (AvgIpc) is 3.16. The molecule has 3 aromatic carbocycles. The normalized spacial score (nSPS) is 12.0. The van der Waals surface area contributed by atoms with Crippen LogP contribution in [-0.4, -0.2) is 15.7 Å². The lowest BCUT2D eigenvalue weighted by Crippen LogP contribution is -2.10. The van der Waals surface area contributed by atoms with Crippen molar-refractivity contribution in [3.8, 4) is 0 Å². The van der Waals surface area contributed by atoms with Gasteiger partial charge in [-0.05, 0) is 23.3 Å². The maximum atomic E-state index is 13.1. The van der Waals surface area contributed by atoms with Gasteiger partial charge in [0.2, 0.25) is 0 Å². The van der Waals surface area contributed by atoms with Crippen LogP contribution >= 0.6 is 0 Å². The minimum atomic E-state index is -0.504. The van der Waals surface area contributed by atoms with Crippen molar-refractivity contribution < 1.29 is 9.72 Å². The summed E-state index contributed by atoms with van der Waals surface area (Å²) in [4.78, 5) is 27.2. The number of fused-ring (bicyclic) bond motifs is 1. The van der Waals surface area contributed by atoms with Gasteiger partial charge in [-0.25, -0.2) is 0 Å². The van der Waals surface area contributed by atoms with E-state index in [4.69, 9.17) is 0 Å². The van der Waals surface area contributed by atoms with Crippen LogP contribution in [0, 0.1) is 10.1 Å². The van der Waals surface area contributed by atoms with E-state index in [-0.39, 0.29) is 29.4 Å². The number of carbonyl (C=O) groups is 1. The lowest BCUT2D eigenvalue weighted by molar-refractivity contribution is -0.385. The molecule has 4 aromatic rings. The summed E-state index contributed by atoms with van der Waals surface area (Å²) in [6.07, 6.45) is 2.08. The van der Waals surface area contributed by atoms with Crippen LogP contribution in [0.2, 0.25) is 0 Å². The quantitative estimate of drug-likeness (QED) is 0.277. The lowest BCUT2D eigenvalue weighted by Gasteiger charge is -2.17. The Morgan fingerprint density at radius 3 is 2.39 bits per heavy atom. The van der Waals surface area contributed by atoms with Gasteiger partial charge in [-0.2, -0.15) is 0 Å². The van der Waals surface area contributed by atoms with E-state index in [1.165, 1.54) is 12.1 Å². The number of benzene rings is 3. The van der Waals surface area contributed by atoms with Crippen LogP contribution in [0.3, 0.4) is 0 Å². The summed E-state index contributed by atoms with van der Waals surface area (Å²) < 4.78 is 0. The molecule has 28 heavy (non-hydrogen) atoms. The Hall–Kier alpha value is -3.73. The van der Waals surface area contributed by atoms with Gasteiger partial charge in [-0.1, -0.05) is 60.7 Å². The Balaban J connectivity index is 1.78. The Labute approximate surface area is 161 Å². The number of rotatable bonds is 6. The second kappa shape index (κ2) is 7.48. The highest BCUT2D eigenvalue weighted by molar-refractivity contribution is 6.00. The van der Waals surface area contributed by atoms with Gasteiger partial charge >= 0.3 is 0 Å². The number of aromatic amines is 1. The maximum absolute atomic E-state index is 13.1. The molecule has 0 saturated heterocycles. The summed E-state index contributed by atoms with van der Waals surface area (Å²) in [6, 6.07) is 23.8. The van der Waals surface area contributed by atoms with Gasteiger partial charge in [0.05, 0.1) is 10.5 Å².